The quantitative estimate of drug-likeness (QED) is 0.473. The lowest BCUT2D eigenvalue weighted by molar-refractivity contribution is 0.0663. The lowest BCUT2D eigenvalue weighted by Gasteiger charge is -2.28. The lowest BCUT2D eigenvalue weighted by atomic mass is 10.1. The van der Waals surface area contributed by atoms with Crippen molar-refractivity contribution in [2.75, 3.05) is 5.73 Å². The molecule has 3 heterocycles. The van der Waals surface area contributed by atoms with E-state index in [-0.39, 0.29) is 11.9 Å². The molecule has 1 aliphatic carbocycles. The number of carbonyl (C=O) groups excluding carboxylic acids is 1. The number of nitrogens with zero attached hydrogens (tertiary/aromatic N) is 5. The molecule has 3 aromatic heterocycles. The van der Waals surface area contributed by atoms with E-state index < -0.39 is 0 Å². The van der Waals surface area contributed by atoms with Crippen molar-refractivity contribution in [3.63, 3.8) is 0 Å². The Morgan fingerprint density at radius 2 is 1.91 bits per heavy atom. The zero-order valence-electron chi connectivity index (χ0n) is 18.8. The van der Waals surface area contributed by atoms with Gasteiger partial charge < -0.3 is 10.6 Å². The van der Waals surface area contributed by atoms with E-state index in [0.29, 0.717) is 29.7 Å². The fourth-order valence-electron chi connectivity index (χ4n) is 4.01. The first kappa shape index (κ1) is 21.0. The van der Waals surface area contributed by atoms with Crippen molar-refractivity contribution in [3.8, 4) is 0 Å². The summed E-state index contributed by atoms with van der Waals surface area (Å²) in [6.07, 6.45) is 7.79. The van der Waals surface area contributed by atoms with Crippen LogP contribution in [-0.4, -0.2) is 30.7 Å². The van der Waals surface area contributed by atoms with Gasteiger partial charge in [0.15, 0.2) is 0 Å². The van der Waals surface area contributed by atoms with Gasteiger partial charge in [0, 0.05) is 29.5 Å². The highest BCUT2D eigenvalue weighted by atomic mass is 16.2. The minimum atomic E-state index is -0.328. The number of anilines is 1. The molecule has 5 rings (SSSR count). The van der Waals surface area contributed by atoms with Crippen LogP contribution in [-0.2, 0) is 6.54 Å². The van der Waals surface area contributed by atoms with Crippen LogP contribution in [0, 0.1) is 6.92 Å². The molecule has 1 unspecified atom stereocenters. The zero-order valence-corrected chi connectivity index (χ0v) is 18.8. The highest BCUT2D eigenvalue weighted by molar-refractivity contribution is 5.98. The summed E-state index contributed by atoms with van der Waals surface area (Å²) in [7, 11) is 0. The summed E-state index contributed by atoms with van der Waals surface area (Å²) in [6, 6.07) is 13.0. The number of hydrogen-bond acceptors (Lipinski definition) is 6. The zero-order chi connectivity index (χ0) is 22.9. The molecule has 1 fully saturated rings. The van der Waals surface area contributed by atoms with E-state index in [4.69, 9.17) is 5.73 Å². The molecule has 1 aliphatic rings. The topological polar surface area (TPSA) is 97.9 Å². The second kappa shape index (κ2) is 8.58. The minimum Gasteiger partial charge on any atom is -0.383 e. The molecule has 0 saturated heterocycles. The number of rotatable bonds is 6. The number of aromatic nitrogens is 4. The second-order valence-electron chi connectivity index (χ2n) is 8.67. The van der Waals surface area contributed by atoms with Gasteiger partial charge in [-0.3, -0.25) is 9.78 Å². The molecule has 33 heavy (non-hydrogen) atoms. The van der Waals surface area contributed by atoms with Gasteiger partial charge in [-0.1, -0.05) is 6.07 Å². The molecule has 1 atom stereocenters. The van der Waals surface area contributed by atoms with Crippen LogP contribution in [0.25, 0.3) is 10.9 Å². The van der Waals surface area contributed by atoms with Crippen LogP contribution in [0.15, 0.2) is 61.1 Å². The summed E-state index contributed by atoms with van der Waals surface area (Å²) in [5.74, 6) is 1.62. The van der Waals surface area contributed by atoms with Gasteiger partial charge in [0.2, 0.25) is 0 Å². The molecule has 1 amide bonds. The van der Waals surface area contributed by atoms with Crippen molar-refractivity contribution in [3.05, 3.63) is 89.3 Å². The molecule has 0 bridgehead atoms. The van der Waals surface area contributed by atoms with Crippen LogP contribution in [0.5, 0.6) is 0 Å². The van der Waals surface area contributed by atoms with E-state index >= 15 is 0 Å². The second-order valence-corrected chi connectivity index (χ2v) is 8.67. The van der Waals surface area contributed by atoms with Crippen LogP contribution in [0.4, 0.5) is 5.82 Å². The number of nitrogen functional groups attached to an aromatic ring is 1. The number of nitrogens with two attached hydrogens (primary N) is 1. The number of aryl methyl sites for hydroxylation is 1. The number of pyridine rings is 2. The standard InChI is InChI=1S/C26H26N6O/c1-16-12-21-13-19(7-9-23(21)31-24(16)27)26(33)32(17(2)25-28-10-3-11-29-25)15-22-8-6-20(14-30-22)18-4-5-18/h3,6-14,17-18H,4-5,15H2,1-2H3,(H2,27,31). The van der Waals surface area contributed by atoms with Crippen molar-refractivity contribution in [1.29, 1.82) is 0 Å². The van der Waals surface area contributed by atoms with Crippen molar-refractivity contribution >= 4 is 22.6 Å². The van der Waals surface area contributed by atoms with Gasteiger partial charge in [0.05, 0.1) is 23.8 Å². The Balaban J connectivity index is 1.49. The average Bonchev–Trinajstić information content (AvgIpc) is 3.69. The first-order valence-electron chi connectivity index (χ1n) is 11.2. The van der Waals surface area contributed by atoms with Crippen LogP contribution >= 0.6 is 0 Å². The van der Waals surface area contributed by atoms with Crippen LogP contribution in [0.2, 0.25) is 0 Å². The Bertz CT molecular complexity index is 1300. The molecule has 0 aliphatic heterocycles. The maximum Gasteiger partial charge on any atom is 0.254 e. The van der Waals surface area contributed by atoms with Gasteiger partial charge in [0.1, 0.15) is 11.6 Å². The van der Waals surface area contributed by atoms with E-state index in [9.17, 15) is 4.79 Å². The number of carbonyl (C=O) groups is 1. The highest BCUT2D eigenvalue weighted by Gasteiger charge is 2.27. The van der Waals surface area contributed by atoms with Gasteiger partial charge in [-0.05, 0) is 80.1 Å². The smallest absolute Gasteiger partial charge is 0.254 e. The van der Waals surface area contributed by atoms with E-state index in [2.05, 4.69) is 26.0 Å². The largest absolute Gasteiger partial charge is 0.383 e. The summed E-state index contributed by atoms with van der Waals surface area (Å²) >= 11 is 0. The highest BCUT2D eigenvalue weighted by Crippen LogP contribution is 2.39. The molecular formula is C26H26N6O. The lowest BCUT2D eigenvalue weighted by Crippen LogP contribution is -2.34. The van der Waals surface area contributed by atoms with Crippen molar-refractivity contribution < 1.29 is 4.79 Å². The van der Waals surface area contributed by atoms with Gasteiger partial charge in [0.25, 0.3) is 5.91 Å². The fourth-order valence-corrected chi connectivity index (χ4v) is 4.01. The summed E-state index contributed by atoms with van der Waals surface area (Å²) < 4.78 is 0. The van der Waals surface area contributed by atoms with Gasteiger partial charge in [-0.2, -0.15) is 0 Å². The predicted octanol–water partition coefficient (Wildman–Crippen LogP) is 4.59. The average molecular weight is 439 g/mol. The molecule has 7 heteroatoms. The molecule has 7 nitrogen and oxygen atoms in total. The Kier molecular flexibility index (Phi) is 5.46. The molecule has 0 spiro atoms. The third-order valence-corrected chi connectivity index (χ3v) is 6.21. The third kappa shape index (κ3) is 4.39. The summed E-state index contributed by atoms with van der Waals surface area (Å²) in [5, 5.41) is 0.878. The first-order chi connectivity index (χ1) is 16.0. The van der Waals surface area contributed by atoms with Crippen molar-refractivity contribution in [2.45, 2.75) is 45.2 Å². The van der Waals surface area contributed by atoms with Crippen LogP contribution in [0.3, 0.4) is 0 Å². The Morgan fingerprint density at radius 1 is 1.12 bits per heavy atom. The van der Waals surface area contributed by atoms with Crippen molar-refractivity contribution in [1.82, 2.24) is 24.8 Å². The molecule has 0 radical (unpaired) electrons. The van der Waals surface area contributed by atoms with Gasteiger partial charge >= 0.3 is 0 Å². The Hall–Kier alpha value is -3.87. The number of fused-ring (bicyclic) bond motifs is 1. The minimum absolute atomic E-state index is 0.112. The van der Waals surface area contributed by atoms with Gasteiger partial charge in [-0.25, -0.2) is 15.0 Å². The fraction of sp³-hybridized carbons (Fsp3) is 0.269. The van der Waals surface area contributed by atoms with E-state index in [1.54, 1.807) is 29.4 Å². The number of benzene rings is 1. The summed E-state index contributed by atoms with van der Waals surface area (Å²) in [5.41, 5.74) is 10.3. The van der Waals surface area contributed by atoms with Crippen LogP contribution in [0.1, 0.15) is 64.7 Å². The van der Waals surface area contributed by atoms with E-state index in [1.807, 2.05) is 44.3 Å². The summed E-state index contributed by atoms with van der Waals surface area (Å²) in [6.45, 7) is 4.22. The molecule has 1 aromatic carbocycles. The molecule has 166 valence electrons. The normalized spacial score (nSPS) is 14.2. The van der Waals surface area contributed by atoms with E-state index in [1.165, 1.54) is 18.4 Å². The van der Waals surface area contributed by atoms with E-state index in [0.717, 1.165) is 22.2 Å². The van der Waals surface area contributed by atoms with Gasteiger partial charge in [-0.15, -0.1) is 0 Å². The molecule has 1 saturated carbocycles. The first-order valence-corrected chi connectivity index (χ1v) is 11.2. The molecule has 2 N–H and O–H groups in total. The SMILES string of the molecule is Cc1cc2cc(C(=O)N(Cc3ccc(C4CC4)cn3)C(C)c3ncccn3)ccc2nc1N. The molecular weight excluding hydrogens is 412 g/mol. The number of hydrogen-bond donors (Lipinski definition) is 1. The van der Waals surface area contributed by atoms with Crippen molar-refractivity contribution in [2.24, 2.45) is 0 Å². The maximum absolute atomic E-state index is 13.7. The Morgan fingerprint density at radius 3 is 2.61 bits per heavy atom. The van der Waals surface area contributed by atoms with Crippen LogP contribution < -0.4 is 5.73 Å². The molecule has 4 aromatic rings. The summed E-state index contributed by atoms with van der Waals surface area (Å²) in [4.78, 5) is 33.3. The third-order valence-electron chi connectivity index (χ3n) is 6.21. The number of amides is 1. The maximum atomic E-state index is 13.7. The predicted molar refractivity (Wildman–Crippen MR) is 127 cm³/mol. The monoisotopic (exact) mass is 438 g/mol. The Labute approximate surface area is 192 Å².